The summed E-state index contributed by atoms with van der Waals surface area (Å²) in [6.45, 7) is 5.90. The van der Waals surface area contributed by atoms with Crippen LogP contribution in [0, 0.1) is 0 Å². The van der Waals surface area contributed by atoms with Crippen molar-refractivity contribution in [2.75, 3.05) is 37.3 Å². The zero-order valence-corrected chi connectivity index (χ0v) is 16.9. The fourth-order valence-electron chi connectivity index (χ4n) is 2.92. The number of hydrogen-bond donors (Lipinski definition) is 4. The van der Waals surface area contributed by atoms with E-state index in [1.807, 2.05) is 6.08 Å². The molecule has 2 aromatic rings. The van der Waals surface area contributed by atoms with Crippen LogP contribution < -0.4 is 21.5 Å². The van der Waals surface area contributed by atoms with E-state index in [2.05, 4.69) is 44.7 Å². The van der Waals surface area contributed by atoms with Gasteiger partial charge in [0.15, 0.2) is 0 Å². The number of nitrogens with one attached hydrogen (secondary N) is 4. The summed E-state index contributed by atoms with van der Waals surface area (Å²) >= 11 is 0. The first kappa shape index (κ1) is 20.5. The van der Waals surface area contributed by atoms with E-state index < -0.39 is 0 Å². The Morgan fingerprint density at radius 3 is 2.93 bits per heavy atom. The Balaban J connectivity index is 1.58. The Morgan fingerprint density at radius 2 is 2.21 bits per heavy atom. The summed E-state index contributed by atoms with van der Waals surface area (Å²) in [4.78, 5) is 37.3. The number of carbonyl (C=O) groups excluding carboxylic acids is 1. The molecule has 9 nitrogen and oxygen atoms in total. The number of likely N-dealkylation sites (tertiary alicyclic amines) is 1. The van der Waals surface area contributed by atoms with Crippen LogP contribution in [-0.4, -0.2) is 64.5 Å². The highest BCUT2D eigenvalue weighted by Gasteiger charge is 2.29. The van der Waals surface area contributed by atoms with E-state index in [-0.39, 0.29) is 17.5 Å². The van der Waals surface area contributed by atoms with Crippen LogP contribution in [0.25, 0.3) is 11.3 Å². The number of anilines is 2. The minimum absolute atomic E-state index is 0.0168. The van der Waals surface area contributed by atoms with Gasteiger partial charge in [-0.05, 0) is 12.1 Å². The van der Waals surface area contributed by atoms with E-state index in [0.717, 1.165) is 5.56 Å². The molecule has 0 aliphatic carbocycles. The second kappa shape index (κ2) is 9.33. The van der Waals surface area contributed by atoms with E-state index in [1.54, 1.807) is 42.6 Å². The Labute approximate surface area is 169 Å². The lowest BCUT2D eigenvalue weighted by molar-refractivity contribution is -0.129. The van der Waals surface area contributed by atoms with Gasteiger partial charge >= 0.3 is 0 Å². The highest BCUT2D eigenvalue weighted by molar-refractivity contribution is 5.88. The summed E-state index contributed by atoms with van der Waals surface area (Å²) in [5.41, 5.74) is 1.73. The van der Waals surface area contributed by atoms with Crippen LogP contribution in [0.4, 0.5) is 11.6 Å². The molecule has 0 atom stereocenters. The van der Waals surface area contributed by atoms with Gasteiger partial charge in [-0.2, -0.15) is 0 Å². The molecule has 154 valence electrons. The molecule has 1 amide bonds. The summed E-state index contributed by atoms with van der Waals surface area (Å²) in [6.07, 6.45) is 6.71. The fourth-order valence-corrected chi connectivity index (χ4v) is 2.92. The van der Waals surface area contributed by atoms with Crippen LogP contribution >= 0.6 is 0 Å². The Morgan fingerprint density at radius 1 is 1.41 bits per heavy atom. The second-order valence-electron chi connectivity index (χ2n) is 7.20. The maximum Gasteiger partial charge on any atom is 0.271 e. The van der Waals surface area contributed by atoms with Crippen molar-refractivity contribution < 1.29 is 4.79 Å². The van der Waals surface area contributed by atoms with Gasteiger partial charge in [0.1, 0.15) is 5.69 Å². The molecule has 2 aromatic heterocycles. The zero-order valence-electron chi connectivity index (χ0n) is 16.9. The minimum Gasteiger partial charge on any atom is -0.374 e. The number of rotatable bonds is 8. The van der Waals surface area contributed by atoms with Crippen LogP contribution in [0.5, 0.6) is 0 Å². The molecule has 0 saturated carbocycles. The third-order valence-electron chi connectivity index (χ3n) is 4.54. The normalized spacial score (nSPS) is 14.3. The van der Waals surface area contributed by atoms with Gasteiger partial charge in [0.2, 0.25) is 11.9 Å². The van der Waals surface area contributed by atoms with Crippen molar-refractivity contribution >= 4 is 17.5 Å². The molecule has 0 unspecified atom stereocenters. The summed E-state index contributed by atoms with van der Waals surface area (Å²) in [6, 6.07) is 3.97. The average molecular weight is 397 g/mol. The number of carbonyl (C=O) groups is 1. The first-order chi connectivity index (χ1) is 14.0. The van der Waals surface area contributed by atoms with Gasteiger partial charge in [-0.15, -0.1) is 0 Å². The number of hydrogen-bond acceptors (Lipinski definition) is 7. The Kier molecular flexibility index (Phi) is 6.61. The number of pyridine rings is 1. The molecule has 9 heteroatoms. The van der Waals surface area contributed by atoms with Crippen LogP contribution in [0.2, 0.25) is 0 Å². The van der Waals surface area contributed by atoms with Crippen molar-refractivity contribution in [2.45, 2.75) is 25.9 Å². The van der Waals surface area contributed by atoms with Crippen LogP contribution in [0.15, 0.2) is 41.5 Å². The average Bonchev–Trinajstić information content (AvgIpc) is 2.68. The van der Waals surface area contributed by atoms with Crippen molar-refractivity contribution in [3.8, 4) is 11.3 Å². The summed E-state index contributed by atoms with van der Waals surface area (Å²) < 4.78 is 0. The molecule has 1 fully saturated rings. The van der Waals surface area contributed by atoms with E-state index in [4.69, 9.17) is 0 Å². The summed E-state index contributed by atoms with van der Waals surface area (Å²) in [7, 11) is 1.75. The van der Waals surface area contributed by atoms with Gasteiger partial charge in [0.25, 0.3) is 5.56 Å². The number of amides is 1. The molecule has 0 bridgehead atoms. The standard InChI is InChI=1S/C20H27N7O2/c1-13(2)22-7-4-5-18(28)27-11-15(12-27)25-17-9-14(10-24-19(17)29)16-6-8-23-20(21-3)26-16/h4-6,8-10,13,15,22,25H,7,11-12H2,1-3H3,(H,24,29)(H,21,23,26)/b5-4+. The van der Waals surface area contributed by atoms with E-state index >= 15 is 0 Å². The Bertz CT molecular complexity index is 932. The van der Waals surface area contributed by atoms with Gasteiger partial charge < -0.3 is 25.8 Å². The molecule has 1 aliphatic heterocycles. The van der Waals surface area contributed by atoms with Gasteiger partial charge in [-0.1, -0.05) is 19.9 Å². The zero-order chi connectivity index (χ0) is 20.8. The van der Waals surface area contributed by atoms with Crippen molar-refractivity contribution in [1.29, 1.82) is 0 Å². The van der Waals surface area contributed by atoms with Gasteiger partial charge in [-0.3, -0.25) is 9.59 Å². The van der Waals surface area contributed by atoms with Crippen molar-refractivity contribution in [2.24, 2.45) is 0 Å². The first-order valence-corrected chi connectivity index (χ1v) is 9.65. The van der Waals surface area contributed by atoms with E-state index in [1.165, 1.54) is 0 Å². The molecule has 1 aliphatic rings. The fraction of sp³-hybridized carbons (Fsp3) is 0.400. The molecule has 0 spiro atoms. The maximum absolute atomic E-state index is 12.2. The van der Waals surface area contributed by atoms with Crippen molar-refractivity contribution in [3.05, 3.63) is 47.0 Å². The molecule has 0 aromatic carbocycles. The van der Waals surface area contributed by atoms with Gasteiger partial charge in [0, 0.05) is 56.8 Å². The lowest BCUT2D eigenvalue weighted by Gasteiger charge is -2.39. The monoisotopic (exact) mass is 397 g/mol. The summed E-state index contributed by atoms with van der Waals surface area (Å²) in [5, 5.41) is 9.34. The number of aromatic nitrogens is 3. The summed E-state index contributed by atoms with van der Waals surface area (Å²) in [5.74, 6) is 0.491. The van der Waals surface area contributed by atoms with Crippen molar-refractivity contribution in [3.63, 3.8) is 0 Å². The smallest absolute Gasteiger partial charge is 0.271 e. The highest BCUT2D eigenvalue weighted by Crippen LogP contribution is 2.20. The lowest BCUT2D eigenvalue weighted by Crippen LogP contribution is -2.57. The van der Waals surface area contributed by atoms with Crippen molar-refractivity contribution in [1.82, 2.24) is 25.2 Å². The molecule has 1 saturated heterocycles. The van der Waals surface area contributed by atoms with E-state index in [9.17, 15) is 9.59 Å². The van der Waals surface area contributed by atoms with Crippen LogP contribution in [0.1, 0.15) is 13.8 Å². The maximum atomic E-state index is 12.2. The predicted molar refractivity (Wildman–Crippen MR) is 114 cm³/mol. The second-order valence-corrected chi connectivity index (χ2v) is 7.20. The predicted octanol–water partition coefficient (Wildman–Crippen LogP) is 1.05. The molecular weight excluding hydrogens is 370 g/mol. The topological polar surface area (TPSA) is 115 Å². The molecule has 0 radical (unpaired) electrons. The van der Waals surface area contributed by atoms with E-state index in [0.29, 0.717) is 43.0 Å². The molecule has 3 rings (SSSR count). The van der Waals surface area contributed by atoms with Gasteiger partial charge in [0.05, 0.1) is 11.7 Å². The third kappa shape index (κ3) is 5.41. The molecular formula is C20H27N7O2. The van der Waals surface area contributed by atoms with Crippen LogP contribution in [-0.2, 0) is 4.79 Å². The number of H-pyrrole nitrogens is 1. The third-order valence-corrected chi connectivity index (χ3v) is 4.54. The Hall–Kier alpha value is -3.20. The molecule has 4 N–H and O–H groups in total. The minimum atomic E-state index is -0.207. The molecule has 3 heterocycles. The van der Waals surface area contributed by atoms with Crippen LogP contribution in [0.3, 0.4) is 0 Å². The first-order valence-electron chi connectivity index (χ1n) is 9.65. The van der Waals surface area contributed by atoms with Gasteiger partial charge in [-0.25, -0.2) is 9.97 Å². The highest BCUT2D eigenvalue weighted by atomic mass is 16.2. The SMILES string of the molecule is CNc1nccc(-c2c[nH]c(=O)c(NC3CN(C(=O)/C=C/CNC(C)C)C3)c2)n1. The number of nitrogens with zero attached hydrogens (tertiary/aromatic N) is 3. The quantitative estimate of drug-likeness (QED) is 0.492. The largest absolute Gasteiger partial charge is 0.374 e. The molecule has 29 heavy (non-hydrogen) atoms. The number of aromatic amines is 1. The lowest BCUT2D eigenvalue weighted by atomic mass is 10.1.